The second-order valence-electron chi connectivity index (χ2n) is 8.91. The van der Waals surface area contributed by atoms with Crippen molar-refractivity contribution in [2.24, 2.45) is 0 Å². The van der Waals surface area contributed by atoms with Crippen molar-refractivity contribution in [1.82, 2.24) is 5.32 Å². The molecular weight excluding hydrogens is 408 g/mol. The molecular formula is C29H34N2O2. The normalized spacial score (nSPS) is 14.1. The summed E-state index contributed by atoms with van der Waals surface area (Å²) in [5.41, 5.74) is 4.89. The lowest BCUT2D eigenvalue weighted by atomic mass is 9.87. The minimum atomic E-state index is 0.0988. The number of unbranched alkanes of at least 4 members (excludes halogenated alkanes) is 1. The van der Waals surface area contributed by atoms with Crippen molar-refractivity contribution in [3.63, 3.8) is 0 Å². The summed E-state index contributed by atoms with van der Waals surface area (Å²) in [7, 11) is 0. The molecule has 2 N–H and O–H groups in total. The molecule has 0 aromatic heterocycles. The molecule has 0 bridgehead atoms. The van der Waals surface area contributed by atoms with Crippen molar-refractivity contribution in [1.29, 1.82) is 0 Å². The van der Waals surface area contributed by atoms with Crippen LogP contribution in [0, 0.1) is 6.92 Å². The van der Waals surface area contributed by atoms with Crippen molar-refractivity contribution in [2.75, 3.05) is 18.4 Å². The average molecular weight is 443 g/mol. The molecule has 3 aromatic rings. The number of amides is 1. The third-order valence-corrected chi connectivity index (χ3v) is 6.36. The Balaban J connectivity index is 1.20. The van der Waals surface area contributed by atoms with E-state index in [0.29, 0.717) is 12.3 Å². The van der Waals surface area contributed by atoms with E-state index >= 15 is 0 Å². The minimum absolute atomic E-state index is 0.0988. The lowest BCUT2D eigenvalue weighted by Crippen LogP contribution is -2.27. The molecule has 1 heterocycles. The van der Waals surface area contributed by atoms with Gasteiger partial charge in [0, 0.05) is 12.1 Å². The third-order valence-electron chi connectivity index (χ3n) is 6.36. The predicted octanol–water partition coefficient (Wildman–Crippen LogP) is 6.61. The van der Waals surface area contributed by atoms with Crippen LogP contribution in [0.2, 0.25) is 0 Å². The van der Waals surface area contributed by atoms with E-state index in [1.54, 1.807) is 0 Å². The molecule has 33 heavy (non-hydrogen) atoms. The van der Waals surface area contributed by atoms with Crippen LogP contribution in [0.3, 0.4) is 0 Å². The van der Waals surface area contributed by atoms with Crippen LogP contribution in [0.4, 0.5) is 5.69 Å². The monoisotopic (exact) mass is 442 g/mol. The zero-order chi connectivity index (χ0) is 22.9. The first kappa shape index (κ1) is 23.1. The number of para-hydroxylation sites is 1. The Hall–Kier alpha value is -3.11. The summed E-state index contributed by atoms with van der Waals surface area (Å²) in [4.78, 5) is 12.5. The third kappa shape index (κ3) is 6.93. The predicted molar refractivity (Wildman–Crippen MR) is 135 cm³/mol. The summed E-state index contributed by atoms with van der Waals surface area (Å²) in [6.45, 7) is 4.32. The van der Waals surface area contributed by atoms with Crippen LogP contribution < -0.4 is 15.4 Å². The topological polar surface area (TPSA) is 50.4 Å². The molecule has 4 heteroatoms. The number of hydrogen-bond acceptors (Lipinski definition) is 3. The molecule has 1 saturated heterocycles. The second kappa shape index (κ2) is 11.7. The van der Waals surface area contributed by atoms with Gasteiger partial charge in [-0.05, 0) is 111 Å². The first-order valence-electron chi connectivity index (χ1n) is 12.1. The fourth-order valence-corrected chi connectivity index (χ4v) is 4.48. The quantitative estimate of drug-likeness (QED) is 0.367. The highest BCUT2D eigenvalue weighted by atomic mass is 16.5. The Kier molecular flexibility index (Phi) is 8.15. The van der Waals surface area contributed by atoms with Crippen LogP contribution in [0.5, 0.6) is 11.5 Å². The summed E-state index contributed by atoms with van der Waals surface area (Å²) in [6.07, 6.45) is 5.70. The van der Waals surface area contributed by atoms with E-state index in [-0.39, 0.29) is 5.91 Å². The highest BCUT2D eigenvalue weighted by Gasteiger charge is 2.17. The zero-order valence-corrected chi connectivity index (χ0v) is 19.5. The number of ether oxygens (including phenoxy) is 1. The number of nitrogens with one attached hydrogen (secondary N) is 2. The van der Waals surface area contributed by atoms with Gasteiger partial charge in [0.1, 0.15) is 11.5 Å². The average Bonchev–Trinajstić information content (AvgIpc) is 2.85. The van der Waals surface area contributed by atoms with Gasteiger partial charge >= 0.3 is 0 Å². The molecule has 1 aliphatic heterocycles. The fraction of sp³-hybridized carbons (Fsp3) is 0.345. The summed E-state index contributed by atoms with van der Waals surface area (Å²) < 4.78 is 5.85. The molecule has 0 unspecified atom stereocenters. The first-order chi connectivity index (χ1) is 16.2. The maximum Gasteiger partial charge on any atom is 0.224 e. The molecule has 1 amide bonds. The Morgan fingerprint density at radius 2 is 1.67 bits per heavy atom. The van der Waals surface area contributed by atoms with Gasteiger partial charge in [0.15, 0.2) is 0 Å². The van der Waals surface area contributed by atoms with E-state index in [1.807, 2.05) is 48.5 Å². The molecule has 0 atom stereocenters. The van der Waals surface area contributed by atoms with E-state index in [4.69, 9.17) is 4.74 Å². The van der Waals surface area contributed by atoms with Crippen molar-refractivity contribution in [2.45, 2.75) is 51.4 Å². The molecule has 4 rings (SSSR count). The van der Waals surface area contributed by atoms with Crippen molar-refractivity contribution >= 4 is 11.6 Å². The van der Waals surface area contributed by atoms with Crippen LogP contribution in [0.25, 0.3) is 0 Å². The summed E-state index contributed by atoms with van der Waals surface area (Å²) >= 11 is 0. The standard InChI is InChI=1S/C29H34N2O2/c1-22-11-14-25(21-28(22)24-17-19-30-20-18-24)31-29(32)10-6-5-7-23-12-15-27(16-13-23)33-26-8-3-2-4-9-26/h2-4,8-9,11-16,21,24,30H,5-7,10,17-20H2,1H3,(H,31,32). The number of hydrogen-bond donors (Lipinski definition) is 2. The van der Waals surface area contributed by atoms with Gasteiger partial charge in [0.2, 0.25) is 5.91 Å². The lowest BCUT2D eigenvalue weighted by Gasteiger charge is -2.25. The molecule has 1 aliphatic rings. The molecule has 172 valence electrons. The van der Waals surface area contributed by atoms with E-state index in [2.05, 4.69) is 41.8 Å². The van der Waals surface area contributed by atoms with E-state index in [1.165, 1.54) is 16.7 Å². The van der Waals surface area contributed by atoms with Gasteiger partial charge in [-0.25, -0.2) is 0 Å². The van der Waals surface area contributed by atoms with Gasteiger partial charge in [-0.3, -0.25) is 4.79 Å². The maximum atomic E-state index is 12.5. The largest absolute Gasteiger partial charge is 0.457 e. The van der Waals surface area contributed by atoms with Gasteiger partial charge in [-0.1, -0.05) is 36.4 Å². The fourth-order valence-electron chi connectivity index (χ4n) is 4.48. The minimum Gasteiger partial charge on any atom is -0.457 e. The molecule has 1 fully saturated rings. The number of piperidine rings is 1. The molecule has 0 aliphatic carbocycles. The smallest absolute Gasteiger partial charge is 0.224 e. The summed E-state index contributed by atoms with van der Waals surface area (Å²) in [6, 6.07) is 24.4. The Bertz CT molecular complexity index is 1030. The van der Waals surface area contributed by atoms with Crippen molar-refractivity contribution < 1.29 is 9.53 Å². The molecule has 4 nitrogen and oxygen atoms in total. The number of carbonyl (C=O) groups excluding carboxylic acids is 1. The van der Waals surface area contributed by atoms with Crippen molar-refractivity contribution in [3.8, 4) is 11.5 Å². The van der Waals surface area contributed by atoms with Crippen LogP contribution in [-0.2, 0) is 11.2 Å². The Morgan fingerprint density at radius 3 is 2.42 bits per heavy atom. The molecule has 0 radical (unpaired) electrons. The van der Waals surface area contributed by atoms with Crippen molar-refractivity contribution in [3.05, 3.63) is 89.5 Å². The summed E-state index contributed by atoms with van der Waals surface area (Å²) in [5, 5.41) is 6.53. The van der Waals surface area contributed by atoms with E-state index in [9.17, 15) is 4.79 Å². The second-order valence-corrected chi connectivity index (χ2v) is 8.91. The van der Waals surface area contributed by atoms with Crippen LogP contribution in [-0.4, -0.2) is 19.0 Å². The van der Waals surface area contributed by atoms with E-state index in [0.717, 1.165) is 62.4 Å². The SMILES string of the molecule is Cc1ccc(NC(=O)CCCCc2ccc(Oc3ccccc3)cc2)cc1C1CCNCC1. The number of carbonyl (C=O) groups is 1. The molecule has 3 aromatic carbocycles. The highest BCUT2D eigenvalue weighted by molar-refractivity contribution is 5.90. The van der Waals surface area contributed by atoms with Crippen LogP contribution in [0.15, 0.2) is 72.8 Å². The number of anilines is 1. The lowest BCUT2D eigenvalue weighted by molar-refractivity contribution is -0.116. The van der Waals surface area contributed by atoms with Gasteiger partial charge in [-0.2, -0.15) is 0 Å². The Morgan fingerprint density at radius 1 is 0.939 bits per heavy atom. The number of aryl methyl sites for hydroxylation is 2. The molecule has 0 saturated carbocycles. The highest BCUT2D eigenvalue weighted by Crippen LogP contribution is 2.30. The summed E-state index contributed by atoms with van der Waals surface area (Å²) in [5.74, 6) is 2.37. The number of rotatable bonds is 9. The van der Waals surface area contributed by atoms with Crippen LogP contribution in [0.1, 0.15) is 54.7 Å². The van der Waals surface area contributed by atoms with Crippen LogP contribution >= 0.6 is 0 Å². The first-order valence-corrected chi connectivity index (χ1v) is 12.1. The molecule has 0 spiro atoms. The zero-order valence-electron chi connectivity index (χ0n) is 19.5. The van der Waals surface area contributed by atoms with Gasteiger partial charge < -0.3 is 15.4 Å². The number of benzene rings is 3. The van der Waals surface area contributed by atoms with Gasteiger partial charge in [0.25, 0.3) is 0 Å². The maximum absolute atomic E-state index is 12.5. The van der Waals surface area contributed by atoms with E-state index < -0.39 is 0 Å². The van der Waals surface area contributed by atoms with Gasteiger partial charge in [0.05, 0.1) is 0 Å². The Labute approximate surface area is 197 Å². The van der Waals surface area contributed by atoms with Gasteiger partial charge in [-0.15, -0.1) is 0 Å².